The molecule has 0 bridgehead atoms. The van der Waals surface area contributed by atoms with Crippen molar-refractivity contribution in [2.75, 3.05) is 78.5 Å². The molecule has 0 spiro atoms. The predicted octanol–water partition coefficient (Wildman–Crippen LogP) is 13.7. The van der Waals surface area contributed by atoms with Gasteiger partial charge in [-0.3, -0.25) is 0 Å². The Hall–Kier alpha value is -0.930. The predicted molar refractivity (Wildman–Crippen MR) is 277 cm³/mol. The maximum Gasteiger partial charge on any atom is 0.319 e. The Bertz CT molecular complexity index is 797. The average Bonchev–Trinajstić information content (AvgIpc) is 3.28. The van der Waals surface area contributed by atoms with Gasteiger partial charge in [0.25, 0.3) is 0 Å². The molecular formula is C54H115N7O. The second-order valence-corrected chi connectivity index (χ2v) is 19.2. The summed E-state index contributed by atoms with van der Waals surface area (Å²) >= 11 is 0. The van der Waals surface area contributed by atoms with Crippen LogP contribution in [0.2, 0.25) is 0 Å². The van der Waals surface area contributed by atoms with Gasteiger partial charge in [-0.15, -0.1) is 0 Å². The Morgan fingerprint density at radius 2 is 0.500 bits per heavy atom. The van der Waals surface area contributed by atoms with Crippen LogP contribution in [-0.2, 0) is 0 Å². The van der Waals surface area contributed by atoms with E-state index in [0.717, 1.165) is 123 Å². The number of amides is 2. The van der Waals surface area contributed by atoms with E-state index < -0.39 is 0 Å². The largest absolute Gasteiger partial charge is 0.330 e. The lowest BCUT2D eigenvalue weighted by molar-refractivity contribution is 0.149. The van der Waals surface area contributed by atoms with E-state index in [1.54, 1.807) is 0 Å². The molecule has 0 rings (SSSR count). The number of rotatable bonds is 54. The third-order valence-corrected chi connectivity index (χ3v) is 13.0. The maximum atomic E-state index is 14.3. The molecule has 0 fully saturated rings. The number of unbranched alkanes of at least 4 members (excludes halogenated alkanes) is 32. The monoisotopic (exact) mass is 878 g/mol. The molecule has 7 N–H and O–H groups in total. The number of carbonyl (C=O) groups excluding carboxylic acids is 1. The van der Waals surface area contributed by atoms with Crippen molar-refractivity contribution < 1.29 is 4.79 Å². The first-order valence-corrected chi connectivity index (χ1v) is 28.3. The first-order chi connectivity index (χ1) is 30.7. The molecule has 0 saturated carbocycles. The Balaban J connectivity index is 4.80. The van der Waals surface area contributed by atoms with Gasteiger partial charge in [0, 0.05) is 26.2 Å². The average molecular weight is 879 g/mol. The van der Waals surface area contributed by atoms with Gasteiger partial charge in [0.05, 0.1) is 0 Å². The normalized spacial score (nSPS) is 11.5. The minimum Gasteiger partial charge on any atom is -0.330 e. The van der Waals surface area contributed by atoms with Crippen molar-refractivity contribution in [2.24, 2.45) is 11.5 Å². The molecule has 0 saturated heterocycles. The summed E-state index contributed by atoms with van der Waals surface area (Å²) in [6.07, 6.45) is 51.8. The zero-order chi connectivity index (χ0) is 44.9. The van der Waals surface area contributed by atoms with Crippen LogP contribution in [-0.4, -0.2) is 94.4 Å². The first kappa shape index (κ1) is 61.1. The Morgan fingerprint density at radius 3 is 0.790 bits per heavy atom. The molecule has 8 heteroatoms. The fraction of sp³-hybridized carbons (Fsp3) is 0.981. The molecule has 0 aliphatic heterocycles. The summed E-state index contributed by atoms with van der Waals surface area (Å²) in [6.45, 7) is 15.8. The standard InChI is InChI=1S/C54H115N7O/c1-3-5-7-9-11-13-15-17-19-21-23-25-27-29-31-36-50-60(51-37-32-30-28-26-24-22-20-18-16-14-12-10-8-6-4-2)54(62)61(52-38-35-46-58-48-40-43-56)53-41-49-59-45-34-33-44-57-47-39-42-55/h57-59H,3-53,55-56H2,1-2H3. The molecule has 0 unspecified atom stereocenters. The van der Waals surface area contributed by atoms with Gasteiger partial charge in [0.2, 0.25) is 0 Å². The van der Waals surface area contributed by atoms with E-state index in [1.807, 2.05) is 0 Å². The second kappa shape index (κ2) is 54.4. The van der Waals surface area contributed by atoms with Crippen LogP contribution in [0.1, 0.15) is 264 Å². The summed E-state index contributed by atoms with van der Waals surface area (Å²) < 4.78 is 0. The molecule has 0 atom stereocenters. The smallest absolute Gasteiger partial charge is 0.319 e. The van der Waals surface area contributed by atoms with Crippen molar-refractivity contribution in [1.82, 2.24) is 25.8 Å². The van der Waals surface area contributed by atoms with E-state index in [9.17, 15) is 4.79 Å². The van der Waals surface area contributed by atoms with Crippen LogP contribution < -0.4 is 27.4 Å². The zero-order valence-electron chi connectivity index (χ0n) is 42.5. The number of hydrogen-bond donors (Lipinski definition) is 5. The molecule has 0 aromatic heterocycles. The van der Waals surface area contributed by atoms with Crippen LogP contribution in [0.25, 0.3) is 0 Å². The summed E-state index contributed by atoms with van der Waals surface area (Å²) in [5.74, 6) is 0. The number of nitrogens with zero attached hydrogens (tertiary/aromatic N) is 2. The van der Waals surface area contributed by atoms with Crippen molar-refractivity contribution >= 4 is 6.03 Å². The van der Waals surface area contributed by atoms with Crippen LogP contribution in [0.5, 0.6) is 0 Å². The highest BCUT2D eigenvalue weighted by Gasteiger charge is 2.20. The summed E-state index contributed by atoms with van der Waals surface area (Å²) in [5, 5.41) is 10.7. The first-order valence-electron chi connectivity index (χ1n) is 28.3. The summed E-state index contributed by atoms with van der Waals surface area (Å²) in [4.78, 5) is 18.8. The van der Waals surface area contributed by atoms with Crippen LogP contribution in [0.3, 0.4) is 0 Å². The van der Waals surface area contributed by atoms with Crippen LogP contribution in [0, 0.1) is 0 Å². The minimum atomic E-state index is 0.298. The number of nitrogens with one attached hydrogen (secondary N) is 3. The lowest BCUT2D eigenvalue weighted by Crippen LogP contribution is -2.45. The SMILES string of the molecule is CCCCCCCCCCCCCCCCCCN(CCCCCCCCCCCCCCCCCC)C(=O)N(CCCCNCCCN)CCCNCCCCNCCCN. The fourth-order valence-corrected chi connectivity index (χ4v) is 8.78. The molecule has 0 aliphatic rings. The van der Waals surface area contributed by atoms with Gasteiger partial charge in [-0.25, -0.2) is 4.79 Å². The van der Waals surface area contributed by atoms with Crippen molar-refractivity contribution in [3.8, 4) is 0 Å². The lowest BCUT2D eigenvalue weighted by atomic mass is 10.0. The number of urea groups is 1. The third kappa shape index (κ3) is 47.0. The highest BCUT2D eigenvalue weighted by molar-refractivity contribution is 5.74. The van der Waals surface area contributed by atoms with Crippen molar-refractivity contribution in [2.45, 2.75) is 264 Å². The summed E-state index contributed by atoms with van der Waals surface area (Å²) in [6, 6.07) is 0.298. The van der Waals surface area contributed by atoms with E-state index in [-0.39, 0.29) is 0 Å². The van der Waals surface area contributed by atoms with Crippen molar-refractivity contribution in [3.05, 3.63) is 0 Å². The van der Waals surface area contributed by atoms with Gasteiger partial charge in [-0.1, -0.05) is 206 Å². The van der Waals surface area contributed by atoms with Gasteiger partial charge < -0.3 is 37.2 Å². The molecule has 8 nitrogen and oxygen atoms in total. The van der Waals surface area contributed by atoms with Gasteiger partial charge in [-0.05, 0) is 110 Å². The summed E-state index contributed by atoms with van der Waals surface area (Å²) in [7, 11) is 0. The Labute approximate surface area is 389 Å². The third-order valence-electron chi connectivity index (χ3n) is 13.0. The number of hydrogen-bond acceptors (Lipinski definition) is 6. The van der Waals surface area contributed by atoms with E-state index in [4.69, 9.17) is 11.5 Å². The number of nitrogens with two attached hydrogens (primary N) is 2. The zero-order valence-corrected chi connectivity index (χ0v) is 42.5. The number of carbonyl (C=O) groups is 1. The Morgan fingerprint density at radius 1 is 0.290 bits per heavy atom. The van der Waals surface area contributed by atoms with Crippen LogP contribution in [0.15, 0.2) is 0 Å². The van der Waals surface area contributed by atoms with Gasteiger partial charge in [0.1, 0.15) is 0 Å². The van der Waals surface area contributed by atoms with E-state index >= 15 is 0 Å². The fourth-order valence-electron chi connectivity index (χ4n) is 8.78. The van der Waals surface area contributed by atoms with E-state index in [0.29, 0.717) is 6.03 Å². The lowest BCUT2D eigenvalue weighted by Gasteiger charge is -2.31. The van der Waals surface area contributed by atoms with Gasteiger partial charge >= 0.3 is 6.03 Å². The molecule has 0 aromatic rings. The molecule has 372 valence electrons. The van der Waals surface area contributed by atoms with E-state index in [2.05, 4.69) is 39.6 Å². The molecular weight excluding hydrogens is 763 g/mol. The molecule has 0 heterocycles. The second-order valence-electron chi connectivity index (χ2n) is 19.2. The highest BCUT2D eigenvalue weighted by atomic mass is 16.2. The quantitative estimate of drug-likeness (QED) is 0.0389. The van der Waals surface area contributed by atoms with Crippen molar-refractivity contribution in [1.29, 1.82) is 0 Å². The van der Waals surface area contributed by atoms with Crippen molar-refractivity contribution in [3.63, 3.8) is 0 Å². The van der Waals surface area contributed by atoms with Gasteiger partial charge in [0.15, 0.2) is 0 Å². The molecule has 0 aliphatic carbocycles. The van der Waals surface area contributed by atoms with Crippen LogP contribution in [0.4, 0.5) is 4.79 Å². The highest BCUT2D eigenvalue weighted by Crippen LogP contribution is 2.17. The minimum absolute atomic E-state index is 0.298. The maximum absolute atomic E-state index is 14.3. The topological polar surface area (TPSA) is 112 Å². The molecule has 62 heavy (non-hydrogen) atoms. The molecule has 0 radical (unpaired) electrons. The van der Waals surface area contributed by atoms with E-state index in [1.165, 1.54) is 205 Å². The molecule has 0 aromatic carbocycles. The van der Waals surface area contributed by atoms with Crippen LogP contribution >= 0.6 is 0 Å². The Kier molecular flexibility index (Phi) is 53.6. The summed E-state index contributed by atoms with van der Waals surface area (Å²) in [5.41, 5.74) is 11.3. The van der Waals surface area contributed by atoms with Gasteiger partial charge in [-0.2, -0.15) is 0 Å². The molecule has 2 amide bonds.